The number of halogens is 5. The van der Waals surface area contributed by atoms with Crippen molar-refractivity contribution in [3.63, 3.8) is 0 Å². The van der Waals surface area contributed by atoms with E-state index >= 15 is 0 Å². The van der Waals surface area contributed by atoms with Gasteiger partial charge in [0.15, 0.2) is 0 Å². The van der Waals surface area contributed by atoms with Gasteiger partial charge in [-0.05, 0) is 54.1 Å². The number of aromatic nitrogens is 2. The van der Waals surface area contributed by atoms with Gasteiger partial charge in [-0.1, -0.05) is 12.1 Å². The first-order valence-electron chi connectivity index (χ1n) is 9.24. The smallest absolute Gasteiger partial charge is 0.392 e. The van der Waals surface area contributed by atoms with Crippen molar-refractivity contribution in [1.82, 2.24) is 9.55 Å². The Morgan fingerprint density at radius 1 is 0.935 bits per heavy atom. The van der Waals surface area contributed by atoms with Gasteiger partial charge in [0, 0.05) is 23.5 Å². The van der Waals surface area contributed by atoms with Gasteiger partial charge in [0.1, 0.15) is 11.6 Å². The molecule has 0 radical (unpaired) electrons. The second-order valence-electron chi connectivity index (χ2n) is 6.85. The third-order valence-corrected chi connectivity index (χ3v) is 4.81. The molecule has 0 saturated carbocycles. The molecule has 0 bridgehead atoms. The summed E-state index contributed by atoms with van der Waals surface area (Å²) < 4.78 is 69.3. The molecule has 0 saturated heterocycles. The van der Waals surface area contributed by atoms with E-state index in [0.29, 0.717) is 11.3 Å². The summed E-state index contributed by atoms with van der Waals surface area (Å²) in [6, 6.07) is 13.9. The van der Waals surface area contributed by atoms with E-state index in [0.717, 1.165) is 16.7 Å². The number of nitrogens with one attached hydrogen (secondary N) is 1. The fraction of sp³-hybridized carbons (Fsp3) is 0.136. The molecule has 160 valence electrons. The van der Waals surface area contributed by atoms with Crippen molar-refractivity contribution in [2.75, 3.05) is 5.32 Å². The number of hydrogen-bond donors (Lipinski definition) is 2. The van der Waals surface area contributed by atoms with Crippen molar-refractivity contribution >= 4 is 16.7 Å². The number of benzene rings is 3. The van der Waals surface area contributed by atoms with Crippen molar-refractivity contribution in [2.45, 2.75) is 19.3 Å². The highest BCUT2D eigenvalue weighted by molar-refractivity contribution is 5.79. The molecule has 9 heteroatoms. The van der Waals surface area contributed by atoms with Crippen molar-refractivity contribution in [2.24, 2.45) is 0 Å². The number of aliphatic hydroxyl groups is 1. The minimum Gasteiger partial charge on any atom is -0.392 e. The molecule has 3 aromatic carbocycles. The molecule has 0 aliphatic carbocycles. The summed E-state index contributed by atoms with van der Waals surface area (Å²) in [5.74, 6) is -2.47. The summed E-state index contributed by atoms with van der Waals surface area (Å²) in [6.07, 6.45) is -4.70. The molecule has 0 unspecified atom stereocenters. The van der Waals surface area contributed by atoms with Gasteiger partial charge in [-0.25, -0.2) is 13.8 Å². The first kappa shape index (κ1) is 20.8. The highest BCUT2D eigenvalue weighted by Gasteiger charge is 2.38. The van der Waals surface area contributed by atoms with Crippen LogP contribution in [0.4, 0.5) is 27.6 Å². The lowest BCUT2D eigenvalue weighted by molar-refractivity contribution is -0.145. The predicted molar refractivity (Wildman–Crippen MR) is 106 cm³/mol. The van der Waals surface area contributed by atoms with Crippen molar-refractivity contribution in [3.8, 4) is 5.69 Å². The highest BCUT2D eigenvalue weighted by atomic mass is 19.4. The van der Waals surface area contributed by atoms with Gasteiger partial charge in [-0.3, -0.25) is 4.57 Å². The van der Waals surface area contributed by atoms with E-state index in [2.05, 4.69) is 10.3 Å². The summed E-state index contributed by atoms with van der Waals surface area (Å²) in [5.41, 5.74) is 1.35. The average molecular weight is 433 g/mol. The summed E-state index contributed by atoms with van der Waals surface area (Å²) in [6.45, 7) is -0.434. The second kappa shape index (κ2) is 7.99. The van der Waals surface area contributed by atoms with Gasteiger partial charge in [-0.2, -0.15) is 13.2 Å². The van der Waals surface area contributed by atoms with Gasteiger partial charge >= 0.3 is 6.18 Å². The molecule has 4 nitrogen and oxygen atoms in total. The molecule has 0 aliphatic heterocycles. The Labute approximate surface area is 173 Å². The Kier molecular flexibility index (Phi) is 5.36. The van der Waals surface area contributed by atoms with Crippen LogP contribution in [-0.4, -0.2) is 14.7 Å². The number of nitrogens with zero attached hydrogens (tertiary/aromatic N) is 2. The van der Waals surface area contributed by atoms with E-state index in [-0.39, 0.29) is 35.4 Å². The maximum absolute atomic E-state index is 13.7. The zero-order chi connectivity index (χ0) is 22.2. The number of anilines is 1. The fourth-order valence-electron chi connectivity index (χ4n) is 3.30. The van der Waals surface area contributed by atoms with Gasteiger partial charge < -0.3 is 10.4 Å². The number of fused-ring (bicyclic) bond motifs is 1. The third kappa shape index (κ3) is 4.09. The monoisotopic (exact) mass is 433 g/mol. The third-order valence-electron chi connectivity index (χ3n) is 4.81. The Morgan fingerprint density at radius 2 is 1.61 bits per heavy atom. The van der Waals surface area contributed by atoms with Crippen molar-refractivity contribution in [1.29, 1.82) is 0 Å². The van der Waals surface area contributed by atoms with Crippen molar-refractivity contribution < 1.29 is 27.1 Å². The number of hydrogen-bond acceptors (Lipinski definition) is 3. The Balaban J connectivity index is 1.67. The van der Waals surface area contributed by atoms with Crippen LogP contribution < -0.4 is 5.32 Å². The summed E-state index contributed by atoms with van der Waals surface area (Å²) in [4.78, 5) is 3.71. The minimum absolute atomic E-state index is 0.108. The minimum atomic E-state index is -4.70. The van der Waals surface area contributed by atoms with Crippen LogP contribution >= 0.6 is 0 Å². The molecule has 2 N–H and O–H groups in total. The van der Waals surface area contributed by atoms with Crippen LogP contribution in [0.1, 0.15) is 17.0 Å². The molecule has 0 aliphatic rings. The van der Waals surface area contributed by atoms with E-state index in [1.54, 1.807) is 0 Å². The van der Waals surface area contributed by atoms with Crippen molar-refractivity contribution in [3.05, 3.63) is 89.2 Å². The molecule has 1 heterocycles. The Morgan fingerprint density at radius 3 is 2.23 bits per heavy atom. The van der Waals surface area contributed by atoms with Gasteiger partial charge in [0.25, 0.3) is 0 Å². The second-order valence-corrected chi connectivity index (χ2v) is 6.85. The zero-order valence-electron chi connectivity index (χ0n) is 15.9. The summed E-state index contributed by atoms with van der Waals surface area (Å²) in [7, 11) is 0. The number of rotatable bonds is 5. The van der Waals surface area contributed by atoms with Crippen LogP contribution in [0.5, 0.6) is 0 Å². The maximum atomic E-state index is 13.7. The van der Waals surface area contributed by atoms with Gasteiger partial charge in [0.05, 0.1) is 17.6 Å². The van der Waals surface area contributed by atoms with Gasteiger partial charge in [-0.15, -0.1) is 0 Å². The van der Waals surface area contributed by atoms with Crippen LogP contribution in [0.15, 0.2) is 60.7 Å². The average Bonchev–Trinajstić information content (AvgIpc) is 3.13. The molecule has 0 amide bonds. The number of aliphatic hydroxyl groups excluding tert-OH is 1. The van der Waals surface area contributed by atoms with Crippen LogP contribution in [0.25, 0.3) is 16.7 Å². The zero-order valence-corrected chi connectivity index (χ0v) is 15.9. The SMILES string of the molecule is OCc1ccc2c(c1)nc(C(F)(F)F)n2-c1ccc(NCc2c(F)cccc2F)cc1. The number of alkyl halides is 3. The van der Waals surface area contributed by atoms with E-state index in [9.17, 15) is 27.1 Å². The molecule has 4 rings (SSSR count). The first-order chi connectivity index (χ1) is 14.8. The topological polar surface area (TPSA) is 50.1 Å². The van der Waals surface area contributed by atoms with Gasteiger partial charge in [0.2, 0.25) is 5.82 Å². The van der Waals surface area contributed by atoms with Crippen LogP contribution in [-0.2, 0) is 19.3 Å². The molecule has 4 aromatic rings. The fourth-order valence-corrected chi connectivity index (χ4v) is 3.30. The van der Waals surface area contributed by atoms with E-state index in [1.807, 2.05) is 0 Å². The lowest BCUT2D eigenvalue weighted by Crippen LogP contribution is -2.13. The Hall–Kier alpha value is -3.46. The molecular weight excluding hydrogens is 417 g/mol. The molecule has 1 aromatic heterocycles. The summed E-state index contributed by atoms with van der Waals surface area (Å²) in [5, 5.41) is 12.1. The lowest BCUT2D eigenvalue weighted by Gasteiger charge is -2.13. The van der Waals surface area contributed by atoms with E-state index < -0.39 is 23.6 Å². The highest BCUT2D eigenvalue weighted by Crippen LogP contribution is 2.34. The van der Waals surface area contributed by atoms with Crippen LogP contribution in [0.2, 0.25) is 0 Å². The normalized spacial score (nSPS) is 11.8. The Bertz CT molecular complexity index is 1210. The van der Waals surface area contributed by atoms with E-state index in [1.165, 1.54) is 48.5 Å². The molecule has 0 fully saturated rings. The largest absolute Gasteiger partial charge is 0.450 e. The van der Waals surface area contributed by atoms with Crippen LogP contribution in [0.3, 0.4) is 0 Å². The van der Waals surface area contributed by atoms with Crippen LogP contribution in [0, 0.1) is 11.6 Å². The lowest BCUT2D eigenvalue weighted by atomic mass is 10.2. The maximum Gasteiger partial charge on any atom is 0.450 e. The molecule has 0 atom stereocenters. The standard InChI is InChI=1S/C22H16F5N3O/c23-17-2-1-3-18(24)16(17)11-28-14-5-7-15(8-6-14)30-20-9-4-13(12-31)10-19(20)29-21(30)22(25,26)27/h1-10,28,31H,11-12H2. The summed E-state index contributed by atoms with van der Waals surface area (Å²) >= 11 is 0. The van der Waals surface area contributed by atoms with E-state index in [4.69, 9.17) is 0 Å². The quantitative estimate of drug-likeness (QED) is 0.413. The predicted octanol–water partition coefficient (Wildman–Crippen LogP) is 5.43. The first-order valence-corrected chi connectivity index (χ1v) is 9.24. The molecule has 0 spiro atoms. The molecule has 31 heavy (non-hydrogen) atoms. The molecular formula is C22H16F5N3O. The number of imidazole rings is 1.